The average Bonchev–Trinajstić information content (AvgIpc) is 2.68. The van der Waals surface area contributed by atoms with Crippen LogP contribution in [0.25, 0.3) is 0 Å². The normalized spacial score (nSPS) is 11.8. The van der Waals surface area contributed by atoms with Gasteiger partial charge in [0.1, 0.15) is 0 Å². The lowest BCUT2D eigenvalue weighted by molar-refractivity contribution is -0.120. The Kier molecular flexibility index (Phi) is 11.3. The van der Waals surface area contributed by atoms with E-state index in [0.29, 0.717) is 31.0 Å². The molecule has 0 saturated heterocycles. The molecule has 2 N–H and O–H groups in total. The first-order valence-electron chi connectivity index (χ1n) is 10.4. The van der Waals surface area contributed by atoms with Crippen molar-refractivity contribution in [3.05, 3.63) is 23.8 Å². The van der Waals surface area contributed by atoms with Crippen molar-refractivity contribution in [2.45, 2.75) is 52.9 Å². The third-order valence-electron chi connectivity index (χ3n) is 4.72. The smallest absolute Gasteiger partial charge is 0.253 e. The number of carbonyl (C=O) groups excluding carboxylic acids is 2. The van der Waals surface area contributed by atoms with E-state index in [0.717, 1.165) is 37.8 Å². The highest BCUT2D eigenvalue weighted by Gasteiger charge is 2.18. The first-order chi connectivity index (χ1) is 13.4. The number of amides is 2. The van der Waals surface area contributed by atoms with Gasteiger partial charge in [0.15, 0.2) is 0 Å². The van der Waals surface area contributed by atoms with Crippen LogP contribution in [0.15, 0.2) is 18.2 Å². The Morgan fingerprint density at radius 2 is 1.89 bits per heavy atom. The fourth-order valence-corrected chi connectivity index (χ4v) is 3.02. The molecule has 0 heterocycles. The first-order valence-corrected chi connectivity index (χ1v) is 10.4. The van der Waals surface area contributed by atoms with E-state index in [1.54, 1.807) is 6.07 Å². The number of anilines is 2. The summed E-state index contributed by atoms with van der Waals surface area (Å²) in [5, 5.41) is 5.93. The van der Waals surface area contributed by atoms with Crippen molar-refractivity contribution in [2.75, 3.05) is 44.1 Å². The molecule has 0 radical (unpaired) electrons. The minimum absolute atomic E-state index is 0.00400. The average molecular weight is 392 g/mol. The molecule has 0 fully saturated rings. The highest BCUT2D eigenvalue weighted by atomic mass is 16.5. The molecule has 158 valence electrons. The van der Waals surface area contributed by atoms with Crippen molar-refractivity contribution in [1.82, 2.24) is 5.32 Å². The van der Waals surface area contributed by atoms with Crippen molar-refractivity contribution in [3.8, 4) is 0 Å². The van der Waals surface area contributed by atoms with Crippen LogP contribution in [0.2, 0.25) is 0 Å². The summed E-state index contributed by atoms with van der Waals surface area (Å²) in [5.74, 6) is -0.115. The Labute approximate surface area is 170 Å². The number of ether oxygens (including phenoxy) is 1. The fraction of sp³-hybridized carbons (Fsp3) is 0.636. The summed E-state index contributed by atoms with van der Waals surface area (Å²) in [6.45, 7) is 7.98. The highest BCUT2D eigenvalue weighted by Crippen LogP contribution is 2.24. The number of hydrogen-bond donors (Lipinski definition) is 2. The topological polar surface area (TPSA) is 70.7 Å². The number of carbonyl (C=O) groups is 2. The monoisotopic (exact) mass is 391 g/mol. The Morgan fingerprint density at radius 1 is 1.14 bits per heavy atom. The van der Waals surface area contributed by atoms with Gasteiger partial charge < -0.3 is 20.3 Å². The van der Waals surface area contributed by atoms with Crippen LogP contribution in [-0.4, -0.2) is 45.7 Å². The van der Waals surface area contributed by atoms with Gasteiger partial charge in [-0.15, -0.1) is 0 Å². The standard InChI is InChI=1S/C22H37N3O3/c1-6-9-11-17(7-2)21(26)24-18-12-13-20(25(4)5)19(16-18)22(27)23-14-10-15-28-8-3/h12-13,16-17H,6-11,14-15H2,1-5H3,(H,23,27)(H,24,26). The zero-order chi connectivity index (χ0) is 20.9. The van der Waals surface area contributed by atoms with Gasteiger partial charge in [0, 0.05) is 51.1 Å². The maximum absolute atomic E-state index is 12.7. The molecule has 0 aliphatic carbocycles. The third kappa shape index (κ3) is 7.89. The van der Waals surface area contributed by atoms with Crippen LogP contribution in [0.1, 0.15) is 63.2 Å². The lowest BCUT2D eigenvalue weighted by Crippen LogP contribution is -2.28. The van der Waals surface area contributed by atoms with Crippen LogP contribution in [0.5, 0.6) is 0 Å². The molecule has 2 amide bonds. The van der Waals surface area contributed by atoms with Gasteiger partial charge in [-0.3, -0.25) is 9.59 Å². The molecular formula is C22H37N3O3. The number of hydrogen-bond acceptors (Lipinski definition) is 4. The molecule has 1 aromatic rings. The zero-order valence-corrected chi connectivity index (χ0v) is 18.1. The van der Waals surface area contributed by atoms with E-state index < -0.39 is 0 Å². The molecule has 6 heteroatoms. The van der Waals surface area contributed by atoms with Gasteiger partial charge in [0.05, 0.1) is 5.56 Å². The Balaban J connectivity index is 2.85. The van der Waals surface area contributed by atoms with Gasteiger partial charge >= 0.3 is 0 Å². The lowest BCUT2D eigenvalue weighted by Gasteiger charge is -2.20. The Bertz CT molecular complexity index is 617. The van der Waals surface area contributed by atoms with Crippen molar-refractivity contribution < 1.29 is 14.3 Å². The predicted octanol–water partition coefficient (Wildman–Crippen LogP) is 4.06. The summed E-state index contributed by atoms with van der Waals surface area (Å²) in [7, 11) is 3.80. The van der Waals surface area contributed by atoms with Gasteiger partial charge in [-0.05, 0) is 44.4 Å². The summed E-state index contributed by atoms with van der Waals surface area (Å²) in [5.41, 5.74) is 2.03. The maximum atomic E-state index is 12.7. The first kappa shape index (κ1) is 24.0. The van der Waals surface area contributed by atoms with Crippen molar-refractivity contribution in [2.24, 2.45) is 5.92 Å². The molecule has 0 aromatic heterocycles. The van der Waals surface area contributed by atoms with E-state index in [1.807, 2.05) is 45.0 Å². The number of nitrogens with zero attached hydrogens (tertiary/aromatic N) is 1. The minimum atomic E-state index is -0.144. The third-order valence-corrected chi connectivity index (χ3v) is 4.72. The summed E-state index contributed by atoms with van der Waals surface area (Å²) >= 11 is 0. The molecule has 0 aliphatic rings. The Morgan fingerprint density at radius 3 is 2.50 bits per heavy atom. The molecule has 6 nitrogen and oxygen atoms in total. The number of unbranched alkanes of at least 4 members (excludes halogenated alkanes) is 1. The lowest BCUT2D eigenvalue weighted by atomic mass is 9.98. The SMILES string of the molecule is CCCCC(CC)C(=O)Nc1ccc(N(C)C)c(C(=O)NCCCOCC)c1. The summed E-state index contributed by atoms with van der Waals surface area (Å²) in [6.07, 6.45) is 4.59. The second-order valence-electron chi connectivity index (χ2n) is 7.17. The molecule has 1 rings (SSSR count). The second kappa shape index (κ2) is 13.2. The predicted molar refractivity (Wildman–Crippen MR) is 116 cm³/mol. The van der Waals surface area contributed by atoms with Crippen LogP contribution >= 0.6 is 0 Å². The van der Waals surface area contributed by atoms with E-state index in [4.69, 9.17) is 4.74 Å². The minimum Gasteiger partial charge on any atom is -0.382 e. The van der Waals surface area contributed by atoms with Gasteiger partial charge in [0.2, 0.25) is 5.91 Å². The molecule has 0 spiro atoms. The second-order valence-corrected chi connectivity index (χ2v) is 7.17. The van der Waals surface area contributed by atoms with Crippen LogP contribution in [0.3, 0.4) is 0 Å². The molecular weight excluding hydrogens is 354 g/mol. The Hall–Kier alpha value is -2.08. The van der Waals surface area contributed by atoms with E-state index in [9.17, 15) is 9.59 Å². The molecule has 0 saturated carbocycles. The van der Waals surface area contributed by atoms with E-state index in [-0.39, 0.29) is 17.7 Å². The van der Waals surface area contributed by atoms with E-state index in [1.165, 1.54) is 0 Å². The van der Waals surface area contributed by atoms with Crippen LogP contribution < -0.4 is 15.5 Å². The molecule has 1 atom stereocenters. The van der Waals surface area contributed by atoms with Gasteiger partial charge in [0.25, 0.3) is 5.91 Å². The summed E-state index contributed by atoms with van der Waals surface area (Å²) in [4.78, 5) is 27.2. The fourth-order valence-electron chi connectivity index (χ4n) is 3.02. The summed E-state index contributed by atoms with van der Waals surface area (Å²) < 4.78 is 5.30. The number of benzene rings is 1. The zero-order valence-electron chi connectivity index (χ0n) is 18.1. The van der Waals surface area contributed by atoms with Crippen LogP contribution in [0.4, 0.5) is 11.4 Å². The number of nitrogens with one attached hydrogen (secondary N) is 2. The maximum Gasteiger partial charge on any atom is 0.253 e. The van der Waals surface area contributed by atoms with Crippen LogP contribution in [0, 0.1) is 5.92 Å². The quantitative estimate of drug-likeness (QED) is 0.497. The van der Waals surface area contributed by atoms with Crippen molar-refractivity contribution in [3.63, 3.8) is 0 Å². The highest BCUT2D eigenvalue weighted by molar-refractivity contribution is 6.02. The van der Waals surface area contributed by atoms with Gasteiger partial charge in [-0.2, -0.15) is 0 Å². The largest absolute Gasteiger partial charge is 0.382 e. The summed E-state index contributed by atoms with van der Waals surface area (Å²) in [6, 6.07) is 5.49. The van der Waals surface area contributed by atoms with Gasteiger partial charge in [-0.1, -0.05) is 26.7 Å². The number of rotatable bonds is 13. The molecule has 0 bridgehead atoms. The molecule has 1 unspecified atom stereocenters. The molecule has 1 aromatic carbocycles. The van der Waals surface area contributed by atoms with Crippen LogP contribution in [-0.2, 0) is 9.53 Å². The molecule has 0 aliphatic heterocycles. The van der Waals surface area contributed by atoms with E-state index >= 15 is 0 Å². The van der Waals surface area contributed by atoms with E-state index in [2.05, 4.69) is 17.6 Å². The van der Waals surface area contributed by atoms with Crippen molar-refractivity contribution in [1.29, 1.82) is 0 Å². The van der Waals surface area contributed by atoms with Crippen molar-refractivity contribution >= 4 is 23.2 Å². The molecule has 28 heavy (non-hydrogen) atoms. The van der Waals surface area contributed by atoms with Gasteiger partial charge in [-0.25, -0.2) is 0 Å².